The summed E-state index contributed by atoms with van der Waals surface area (Å²) in [4.78, 5) is 14.5. The highest BCUT2D eigenvalue weighted by atomic mass is 35.5. The molecule has 0 saturated carbocycles. The Labute approximate surface area is 131 Å². The summed E-state index contributed by atoms with van der Waals surface area (Å²) in [7, 11) is 1.54. The van der Waals surface area contributed by atoms with Gasteiger partial charge in [0.1, 0.15) is 11.5 Å². The van der Waals surface area contributed by atoms with Crippen LogP contribution < -0.4 is 10.5 Å². The minimum Gasteiger partial charge on any atom is -0.507 e. The van der Waals surface area contributed by atoms with Gasteiger partial charge in [-0.15, -0.1) is 12.4 Å². The van der Waals surface area contributed by atoms with Gasteiger partial charge in [-0.2, -0.15) is 0 Å². The fraction of sp³-hybridized carbons (Fsp3) is 0.533. The molecule has 1 unspecified atom stereocenters. The molecule has 1 atom stereocenters. The van der Waals surface area contributed by atoms with E-state index in [1.807, 2.05) is 4.90 Å². The third kappa shape index (κ3) is 4.02. The van der Waals surface area contributed by atoms with Crippen LogP contribution in [0.5, 0.6) is 11.5 Å². The van der Waals surface area contributed by atoms with Crippen molar-refractivity contribution in [3.63, 3.8) is 0 Å². The van der Waals surface area contributed by atoms with Crippen LogP contribution in [0.1, 0.15) is 36.0 Å². The first-order valence-corrected chi connectivity index (χ1v) is 7.05. The molecule has 1 aromatic carbocycles. The zero-order valence-electron chi connectivity index (χ0n) is 12.2. The maximum Gasteiger partial charge on any atom is 0.257 e. The maximum absolute atomic E-state index is 12.6. The van der Waals surface area contributed by atoms with E-state index in [-0.39, 0.29) is 30.1 Å². The van der Waals surface area contributed by atoms with Crippen LogP contribution in [-0.4, -0.2) is 42.2 Å². The summed E-state index contributed by atoms with van der Waals surface area (Å²) < 4.78 is 5.12. The lowest BCUT2D eigenvalue weighted by Crippen LogP contribution is -2.44. The Morgan fingerprint density at radius 1 is 1.48 bits per heavy atom. The van der Waals surface area contributed by atoms with Crippen molar-refractivity contribution in [1.82, 2.24) is 4.90 Å². The first-order valence-electron chi connectivity index (χ1n) is 7.05. The quantitative estimate of drug-likeness (QED) is 0.893. The molecular formula is C15H23ClN2O3. The van der Waals surface area contributed by atoms with Crippen LogP contribution in [0.4, 0.5) is 0 Å². The number of rotatable bonds is 4. The number of phenolic OH excluding ortho intramolecular Hbond substituents is 1. The molecule has 6 heteroatoms. The maximum atomic E-state index is 12.6. The number of nitrogens with two attached hydrogens (primary N) is 1. The number of ether oxygens (including phenoxy) is 1. The van der Waals surface area contributed by atoms with Gasteiger partial charge in [-0.3, -0.25) is 4.79 Å². The van der Waals surface area contributed by atoms with E-state index in [9.17, 15) is 9.90 Å². The van der Waals surface area contributed by atoms with Crippen LogP contribution >= 0.6 is 12.4 Å². The summed E-state index contributed by atoms with van der Waals surface area (Å²) in [6, 6.07) is 4.89. The number of aromatic hydroxyl groups is 1. The number of hydrogen-bond acceptors (Lipinski definition) is 4. The monoisotopic (exact) mass is 314 g/mol. The number of halogens is 1. The molecule has 1 heterocycles. The molecule has 0 aliphatic carbocycles. The second kappa shape index (κ2) is 8.10. The summed E-state index contributed by atoms with van der Waals surface area (Å²) in [6.45, 7) is 1.29. The molecule has 118 valence electrons. The van der Waals surface area contributed by atoms with E-state index in [0.29, 0.717) is 17.9 Å². The number of amides is 1. The molecule has 0 aromatic heterocycles. The molecule has 2 rings (SSSR count). The van der Waals surface area contributed by atoms with Gasteiger partial charge < -0.3 is 20.5 Å². The van der Waals surface area contributed by atoms with Crippen molar-refractivity contribution in [2.75, 3.05) is 20.2 Å². The Morgan fingerprint density at radius 2 is 2.24 bits per heavy atom. The molecule has 1 aromatic rings. The SMILES string of the molecule is COc1ccc(O)c(C(=O)N2CCCCC2CCN)c1.Cl. The molecule has 21 heavy (non-hydrogen) atoms. The lowest BCUT2D eigenvalue weighted by molar-refractivity contribution is 0.0601. The smallest absolute Gasteiger partial charge is 0.257 e. The van der Waals surface area contributed by atoms with Gasteiger partial charge in [-0.25, -0.2) is 0 Å². The van der Waals surface area contributed by atoms with Gasteiger partial charge in [0.05, 0.1) is 12.7 Å². The molecule has 1 amide bonds. The van der Waals surface area contributed by atoms with E-state index < -0.39 is 0 Å². The number of likely N-dealkylation sites (tertiary alicyclic amines) is 1. The third-order valence-corrected chi connectivity index (χ3v) is 3.82. The summed E-state index contributed by atoms with van der Waals surface area (Å²) in [6.07, 6.45) is 3.90. The molecule has 0 bridgehead atoms. The molecule has 0 radical (unpaired) electrons. The standard InChI is InChI=1S/C15H22N2O3.ClH/c1-20-12-5-6-14(18)13(10-12)15(19)17-9-3-2-4-11(17)7-8-16;/h5-6,10-11,18H,2-4,7-9,16H2,1H3;1H. The molecule has 1 aliphatic heterocycles. The van der Waals surface area contributed by atoms with Crippen molar-refractivity contribution >= 4 is 18.3 Å². The summed E-state index contributed by atoms with van der Waals surface area (Å²) in [5, 5.41) is 9.92. The van der Waals surface area contributed by atoms with Crippen LogP contribution in [-0.2, 0) is 0 Å². The van der Waals surface area contributed by atoms with E-state index in [1.165, 1.54) is 6.07 Å². The van der Waals surface area contributed by atoms with Gasteiger partial charge in [0.25, 0.3) is 5.91 Å². The van der Waals surface area contributed by atoms with E-state index in [4.69, 9.17) is 10.5 Å². The lowest BCUT2D eigenvalue weighted by atomic mass is 9.98. The highest BCUT2D eigenvalue weighted by Gasteiger charge is 2.28. The van der Waals surface area contributed by atoms with Gasteiger partial charge in [0.2, 0.25) is 0 Å². The Balaban J connectivity index is 0.00000220. The van der Waals surface area contributed by atoms with Crippen LogP contribution in [0, 0.1) is 0 Å². The van der Waals surface area contributed by atoms with Crippen LogP contribution in [0.3, 0.4) is 0 Å². The number of carbonyl (C=O) groups is 1. The van der Waals surface area contributed by atoms with E-state index in [2.05, 4.69) is 0 Å². The van der Waals surface area contributed by atoms with Crippen molar-refractivity contribution in [2.45, 2.75) is 31.7 Å². The Hall–Kier alpha value is -1.46. The molecule has 5 nitrogen and oxygen atoms in total. The minimum absolute atomic E-state index is 0. The Bertz CT molecular complexity index is 480. The highest BCUT2D eigenvalue weighted by Crippen LogP contribution is 2.28. The first-order chi connectivity index (χ1) is 9.67. The van der Waals surface area contributed by atoms with Gasteiger partial charge in [-0.1, -0.05) is 0 Å². The van der Waals surface area contributed by atoms with E-state index in [1.54, 1.807) is 19.2 Å². The molecule has 3 N–H and O–H groups in total. The lowest BCUT2D eigenvalue weighted by Gasteiger charge is -2.36. The van der Waals surface area contributed by atoms with Gasteiger partial charge >= 0.3 is 0 Å². The van der Waals surface area contributed by atoms with Crippen LogP contribution in [0.2, 0.25) is 0 Å². The fourth-order valence-electron chi connectivity index (χ4n) is 2.73. The third-order valence-electron chi connectivity index (χ3n) is 3.82. The topological polar surface area (TPSA) is 75.8 Å². The predicted octanol–water partition coefficient (Wildman–Crippen LogP) is 2.17. The van der Waals surface area contributed by atoms with Crippen molar-refractivity contribution < 1.29 is 14.6 Å². The number of methoxy groups -OCH3 is 1. The number of benzene rings is 1. The molecule has 1 aliphatic rings. The largest absolute Gasteiger partial charge is 0.507 e. The van der Waals surface area contributed by atoms with Gasteiger partial charge in [-0.05, 0) is 50.4 Å². The van der Waals surface area contributed by atoms with Crippen molar-refractivity contribution in [2.24, 2.45) is 5.73 Å². The minimum atomic E-state index is -0.139. The summed E-state index contributed by atoms with van der Waals surface area (Å²) >= 11 is 0. The first kappa shape index (κ1) is 17.6. The Morgan fingerprint density at radius 3 is 2.90 bits per heavy atom. The average Bonchev–Trinajstić information content (AvgIpc) is 2.48. The zero-order chi connectivity index (χ0) is 14.5. The molecule has 1 saturated heterocycles. The van der Waals surface area contributed by atoms with Gasteiger partial charge in [0.15, 0.2) is 0 Å². The normalized spacial score (nSPS) is 18.0. The number of carbonyl (C=O) groups excluding carboxylic acids is 1. The predicted molar refractivity (Wildman–Crippen MR) is 84.3 cm³/mol. The average molecular weight is 315 g/mol. The van der Waals surface area contributed by atoms with Gasteiger partial charge in [0, 0.05) is 12.6 Å². The van der Waals surface area contributed by atoms with E-state index in [0.717, 1.165) is 32.2 Å². The molecule has 1 fully saturated rings. The highest BCUT2D eigenvalue weighted by molar-refractivity contribution is 5.97. The number of phenols is 1. The number of piperidine rings is 1. The number of nitrogens with zero attached hydrogens (tertiary/aromatic N) is 1. The van der Waals surface area contributed by atoms with Crippen molar-refractivity contribution in [1.29, 1.82) is 0 Å². The van der Waals surface area contributed by atoms with Crippen LogP contribution in [0.25, 0.3) is 0 Å². The molecular weight excluding hydrogens is 292 g/mol. The van der Waals surface area contributed by atoms with Crippen LogP contribution in [0.15, 0.2) is 18.2 Å². The molecule has 0 spiro atoms. The second-order valence-electron chi connectivity index (χ2n) is 5.11. The van der Waals surface area contributed by atoms with E-state index >= 15 is 0 Å². The van der Waals surface area contributed by atoms with Crippen molar-refractivity contribution in [3.05, 3.63) is 23.8 Å². The Kier molecular flexibility index (Phi) is 6.78. The fourth-order valence-corrected chi connectivity index (χ4v) is 2.73. The number of hydrogen-bond donors (Lipinski definition) is 2. The summed E-state index contributed by atoms with van der Waals surface area (Å²) in [5.74, 6) is 0.422. The summed E-state index contributed by atoms with van der Waals surface area (Å²) in [5.41, 5.74) is 5.93. The zero-order valence-corrected chi connectivity index (χ0v) is 13.1. The van der Waals surface area contributed by atoms with Crippen molar-refractivity contribution in [3.8, 4) is 11.5 Å². The second-order valence-corrected chi connectivity index (χ2v) is 5.11.